The molecule has 0 spiro atoms. The van der Waals surface area contributed by atoms with E-state index in [2.05, 4.69) is 11.6 Å². The van der Waals surface area contributed by atoms with E-state index in [1.807, 2.05) is 0 Å². The Morgan fingerprint density at radius 2 is 2.05 bits per heavy atom. The van der Waals surface area contributed by atoms with E-state index < -0.39 is 16.0 Å². The van der Waals surface area contributed by atoms with Crippen molar-refractivity contribution >= 4 is 15.9 Å². The minimum atomic E-state index is -3.69. The summed E-state index contributed by atoms with van der Waals surface area (Å²) in [6, 6.07) is 4.26. The molecule has 0 bridgehead atoms. The predicted molar refractivity (Wildman–Crippen MR) is 76.8 cm³/mol. The molecule has 1 aromatic carbocycles. The summed E-state index contributed by atoms with van der Waals surface area (Å²) < 4.78 is 41.8. The molecule has 112 valence electrons. The molecule has 1 fully saturated rings. The lowest BCUT2D eigenvalue weighted by atomic mass is 10.0. The van der Waals surface area contributed by atoms with Gasteiger partial charge in [-0.25, -0.2) is 4.39 Å². The molecular weight excluding hydrogens is 281 g/mol. The van der Waals surface area contributed by atoms with Gasteiger partial charge in [-0.1, -0.05) is 13.0 Å². The molecule has 7 heteroatoms. The number of hydrogen-bond acceptors (Lipinski definition) is 3. The highest BCUT2D eigenvalue weighted by Gasteiger charge is 2.26. The molecule has 3 N–H and O–H groups in total. The fourth-order valence-corrected chi connectivity index (χ4v) is 3.46. The maximum Gasteiger partial charge on any atom is 0.301 e. The van der Waals surface area contributed by atoms with Crippen LogP contribution in [-0.2, 0) is 16.8 Å². The maximum atomic E-state index is 13.8. The average Bonchev–Trinajstić information content (AvgIpc) is 2.41. The molecule has 0 atom stereocenters. The van der Waals surface area contributed by atoms with Crippen LogP contribution < -0.4 is 10.5 Å². The van der Waals surface area contributed by atoms with Crippen LogP contribution in [0.5, 0.6) is 0 Å². The fraction of sp³-hybridized carbons (Fsp3) is 0.538. The lowest BCUT2D eigenvalue weighted by Gasteiger charge is -2.29. The first-order chi connectivity index (χ1) is 9.42. The van der Waals surface area contributed by atoms with Gasteiger partial charge in [-0.05, 0) is 36.5 Å². The second kappa shape index (κ2) is 6.07. The van der Waals surface area contributed by atoms with Gasteiger partial charge in [0.2, 0.25) is 0 Å². The number of nitrogens with zero attached hydrogens (tertiary/aromatic N) is 1. The monoisotopic (exact) mass is 301 g/mol. The highest BCUT2D eigenvalue weighted by atomic mass is 32.2. The topological polar surface area (TPSA) is 75.4 Å². The number of piperidine rings is 1. The summed E-state index contributed by atoms with van der Waals surface area (Å²) in [6.45, 7) is 3.26. The van der Waals surface area contributed by atoms with Gasteiger partial charge in [-0.15, -0.1) is 0 Å². The third-order valence-corrected chi connectivity index (χ3v) is 5.11. The van der Waals surface area contributed by atoms with Crippen molar-refractivity contribution in [1.29, 1.82) is 0 Å². The molecule has 1 aromatic rings. The lowest BCUT2D eigenvalue weighted by molar-refractivity contribution is 0.289. The number of rotatable bonds is 4. The standard InChI is InChI=1S/C13H20FN3O2S/c1-10-4-6-17(7-5-10)20(18,19)16-13-3-2-11(9-15)8-12(13)14/h2-3,8,10,16H,4-7,9,15H2,1H3. The van der Waals surface area contributed by atoms with E-state index in [0.29, 0.717) is 24.6 Å². The summed E-state index contributed by atoms with van der Waals surface area (Å²) in [7, 11) is -3.69. The van der Waals surface area contributed by atoms with Crippen LogP contribution in [0.2, 0.25) is 0 Å². The first-order valence-corrected chi connectivity index (χ1v) is 8.13. The Labute approximate surface area is 119 Å². The molecule has 0 amide bonds. The molecule has 1 saturated heterocycles. The SMILES string of the molecule is CC1CCN(S(=O)(=O)Nc2ccc(CN)cc2F)CC1. The largest absolute Gasteiger partial charge is 0.326 e. The molecule has 20 heavy (non-hydrogen) atoms. The minimum Gasteiger partial charge on any atom is -0.326 e. The highest BCUT2D eigenvalue weighted by Crippen LogP contribution is 2.22. The Hall–Kier alpha value is -1.18. The number of anilines is 1. The van der Waals surface area contributed by atoms with Crippen LogP contribution in [0.3, 0.4) is 0 Å². The van der Waals surface area contributed by atoms with Crippen LogP contribution in [0.4, 0.5) is 10.1 Å². The normalized spacial score (nSPS) is 18.1. The number of nitrogens with two attached hydrogens (primary N) is 1. The van der Waals surface area contributed by atoms with Crippen molar-refractivity contribution in [3.63, 3.8) is 0 Å². The number of benzene rings is 1. The molecule has 1 aliphatic heterocycles. The summed E-state index contributed by atoms with van der Waals surface area (Å²) in [4.78, 5) is 0. The zero-order chi connectivity index (χ0) is 14.8. The lowest BCUT2D eigenvalue weighted by Crippen LogP contribution is -2.41. The Bertz CT molecular complexity index is 569. The van der Waals surface area contributed by atoms with Crippen molar-refractivity contribution in [3.8, 4) is 0 Å². The zero-order valence-electron chi connectivity index (χ0n) is 11.5. The summed E-state index contributed by atoms with van der Waals surface area (Å²) in [5.74, 6) is -0.0797. The van der Waals surface area contributed by atoms with Crippen molar-refractivity contribution < 1.29 is 12.8 Å². The first kappa shape index (κ1) is 15.2. The van der Waals surface area contributed by atoms with Crippen LogP contribution in [-0.4, -0.2) is 25.8 Å². The van der Waals surface area contributed by atoms with Gasteiger partial charge in [-0.3, -0.25) is 4.72 Å². The third kappa shape index (κ3) is 3.47. The van der Waals surface area contributed by atoms with E-state index >= 15 is 0 Å². The van der Waals surface area contributed by atoms with Crippen LogP contribution in [0, 0.1) is 11.7 Å². The Morgan fingerprint density at radius 1 is 1.40 bits per heavy atom. The zero-order valence-corrected chi connectivity index (χ0v) is 12.3. The van der Waals surface area contributed by atoms with Crippen molar-refractivity contribution in [1.82, 2.24) is 4.31 Å². The van der Waals surface area contributed by atoms with Crippen LogP contribution >= 0.6 is 0 Å². The van der Waals surface area contributed by atoms with E-state index in [1.54, 1.807) is 6.07 Å². The molecule has 1 aliphatic rings. The highest BCUT2D eigenvalue weighted by molar-refractivity contribution is 7.90. The molecule has 1 heterocycles. The Kier molecular flexibility index (Phi) is 4.62. The average molecular weight is 301 g/mol. The molecule has 0 saturated carbocycles. The van der Waals surface area contributed by atoms with Crippen LogP contribution in [0.1, 0.15) is 25.3 Å². The first-order valence-electron chi connectivity index (χ1n) is 6.69. The molecule has 0 aromatic heterocycles. The number of halogens is 1. The van der Waals surface area contributed by atoms with E-state index in [1.165, 1.54) is 16.4 Å². The van der Waals surface area contributed by atoms with E-state index in [9.17, 15) is 12.8 Å². The van der Waals surface area contributed by atoms with Gasteiger partial charge in [0.25, 0.3) is 0 Å². The van der Waals surface area contributed by atoms with Gasteiger partial charge in [0.15, 0.2) is 0 Å². The summed E-state index contributed by atoms with van der Waals surface area (Å²) in [5, 5.41) is 0. The predicted octanol–water partition coefficient (Wildman–Crippen LogP) is 1.67. The molecular formula is C13H20FN3O2S. The maximum absolute atomic E-state index is 13.8. The molecule has 5 nitrogen and oxygen atoms in total. The summed E-state index contributed by atoms with van der Waals surface area (Å²) in [5.41, 5.74) is 5.99. The van der Waals surface area contributed by atoms with Gasteiger partial charge in [0, 0.05) is 19.6 Å². The summed E-state index contributed by atoms with van der Waals surface area (Å²) >= 11 is 0. The van der Waals surface area contributed by atoms with Gasteiger partial charge in [-0.2, -0.15) is 12.7 Å². The molecule has 2 rings (SSSR count). The van der Waals surface area contributed by atoms with Gasteiger partial charge in [0.05, 0.1) is 5.69 Å². The van der Waals surface area contributed by atoms with Crippen molar-refractivity contribution in [2.45, 2.75) is 26.3 Å². The third-order valence-electron chi connectivity index (χ3n) is 3.59. The number of nitrogens with one attached hydrogen (secondary N) is 1. The Balaban J connectivity index is 2.12. The van der Waals surface area contributed by atoms with Crippen LogP contribution in [0.25, 0.3) is 0 Å². The van der Waals surface area contributed by atoms with Gasteiger partial charge >= 0.3 is 10.2 Å². The van der Waals surface area contributed by atoms with E-state index in [0.717, 1.165) is 12.8 Å². The Morgan fingerprint density at radius 3 is 2.60 bits per heavy atom. The van der Waals surface area contributed by atoms with Crippen molar-refractivity contribution in [2.24, 2.45) is 11.7 Å². The van der Waals surface area contributed by atoms with Gasteiger partial charge < -0.3 is 5.73 Å². The summed E-state index contributed by atoms with van der Waals surface area (Å²) in [6.07, 6.45) is 1.66. The second-order valence-electron chi connectivity index (χ2n) is 5.21. The van der Waals surface area contributed by atoms with Crippen molar-refractivity contribution in [2.75, 3.05) is 17.8 Å². The van der Waals surface area contributed by atoms with Crippen LogP contribution in [0.15, 0.2) is 18.2 Å². The van der Waals surface area contributed by atoms with E-state index in [4.69, 9.17) is 5.73 Å². The number of hydrogen-bond donors (Lipinski definition) is 2. The molecule has 0 aliphatic carbocycles. The van der Waals surface area contributed by atoms with E-state index in [-0.39, 0.29) is 12.2 Å². The molecule has 0 unspecified atom stereocenters. The smallest absolute Gasteiger partial charge is 0.301 e. The van der Waals surface area contributed by atoms with Gasteiger partial charge in [0.1, 0.15) is 5.82 Å². The second-order valence-corrected chi connectivity index (χ2v) is 6.88. The van der Waals surface area contributed by atoms with Crippen molar-refractivity contribution in [3.05, 3.63) is 29.6 Å². The molecule has 0 radical (unpaired) electrons. The minimum absolute atomic E-state index is 0.0409. The quantitative estimate of drug-likeness (QED) is 0.888. The fourth-order valence-electron chi connectivity index (χ4n) is 2.20.